The smallest absolute Gasteiger partial charge is 0.168 e. The predicted molar refractivity (Wildman–Crippen MR) is 53.8 cm³/mol. The molecular weight excluding hydrogens is 200 g/mol. The number of nitrogens with zero attached hydrogens (tertiary/aromatic N) is 2. The highest BCUT2D eigenvalue weighted by molar-refractivity contribution is 5.40. The van der Waals surface area contributed by atoms with Crippen LogP contribution in [0, 0.1) is 11.6 Å². The molecule has 82 valence electrons. The maximum Gasteiger partial charge on any atom is 0.168 e. The molecule has 0 unspecified atom stereocenters. The molecule has 0 bridgehead atoms. The van der Waals surface area contributed by atoms with Gasteiger partial charge in [0.05, 0.1) is 6.20 Å². The van der Waals surface area contributed by atoms with Crippen LogP contribution in [0.5, 0.6) is 0 Å². The second kappa shape index (κ2) is 4.10. The van der Waals surface area contributed by atoms with Gasteiger partial charge in [-0.3, -0.25) is 0 Å². The van der Waals surface area contributed by atoms with E-state index < -0.39 is 11.6 Å². The summed E-state index contributed by atoms with van der Waals surface area (Å²) in [5, 5.41) is 3.25. The Balaban J connectivity index is 2.21. The number of hydrogen-bond donors (Lipinski definition) is 1. The van der Waals surface area contributed by atoms with E-state index in [0.29, 0.717) is 19.1 Å². The summed E-state index contributed by atoms with van der Waals surface area (Å²) in [5.41, 5.74) is 0. The second-order valence-electron chi connectivity index (χ2n) is 3.76. The molecule has 0 amide bonds. The molecule has 1 aliphatic rings. The number of pyridine rings is 1. The number of rotatable bonds is 1. The van der Waals surface area contributed by atoms with Crippen molar-refractivity contribution in [2.45, 2.75) is 13.0 Å². The summed E-state index contributed by atoms with van der Waals surface area (Å²) >= 11 is 0. The van der Waals surface area contributed by atoms with E-state index in [-0.39, 0.29) is 5.82 Å². The van der Waals surface area contributed by atoms with Crippen LogP contribution in [0.4, 0.5) is 14.6 Å². The van der Waals surface area contributed by atoms with Crippen molar-refractivity contribution in [3.63, 3.8) is 0 Å². The lowest BCUT2D eigenvalue weighted by Crippen LogP contribution is -2.49. The molecule has 5 heteroatoms. The van der Waals surface area contributed by atoms with Crippen molar-refractivity contribution in [3.05, 3.63) is 23.9 Å². The minimum Gasteiger partial charge on any atom is -0.351 e. The van der Waals surface area contributed by atoms with Gasteiger partial charge in [-0.15, -0.1) is 0 Å². The Morgan fingerprint density at radius 2 is 2.33 bits per heavy atom. The zero-order chi connectivity index (χ0) is 10.8. The fourth-order valence-corrected chi connectivity index (χ4v) is 1.76. The van der Waals surface area contributed by atoms with Crippen molar-refractivity contribution < 1.29 is 8.78 Å². The molecule has 1 saturated heterocycles. The van der Waals surface area contributed by atoms with Crippen molar-refractivity contribution in [3.8, 4) is 0 Å². The van der Waals surface area contributed by atoms with Gasteiger partial charge in [-0.1, -0.05) is 0 Å². The molecule has 1 aliphatic heterocycles. The molecule has 0 spiro atoms. The summed E-state index contributed by atoms with van der Waals surface area (Å²) in [5.74, 6) is -0.992. The Labute approximate surface area is 87.1 Å². The molecule has 1 aromatic rings. The Kier molecular flexibility index (Phi) is 2.81. The lowest BCUT2D eigenvalue weighted by molar-refractivity contribution is 0.473. The molecule has 2 heterocycles. The largest absolute Gasteiger partial charge is 0.351 e. The summed E-state index contributed by atoms with van der Waals surface area (Å²) in [6.07, 6.45) is 1.05. The number of nitrogens with one attached hydrogen (secondary N) is 1. The zero-order valence-corrected chi connectivity index (χ0v) is 8.50. The molecule has 2 rings (SSSR count). The SMILES string of the molecule is C[C@H]1CN(c2ncc(F)cc2F)CCN1. The standard InChI is InChI=1S/C10H13F2N3/c1-7-6-15(3-2-13-7)10-9(12)4-8(11)5-14-10/h4-5,7,13H,2-3,6H2,1H3/t7-/m0/s1. The molecule has 15 heavy (non-hydrogen) atoms. The van der Waals surface area contributed by atoms with Crippen LogP contribution in [0.15, 0.2) is 12.3 Å². The fourth-order valence-electron chi connectivity index (χ4n) is 1.76. The Morgan fingerprint density at radius 3 is 3.00 bits per heavy atom. The van der Waals surface area contributed by atoms with Crippen molar-refractivity contribution in [2.75, 3.05) is 24.5 Å². The normalized spacial score (nSPS) is 21.8. The van der Waals surface area contributed by atoms with E-state index >= 15 is 0 Å². The summed E-state index contributed by atoms with van der Waals surface area (Å²) in [7, 11) is 0. The first kappa shape index (κ1) is 10.3. The Bertz CT molecular complexity index is 357. The number of anilines is 1. The van der Waals surface area contributed by atoms with Gasteiger partial charge in [0.15, 0.2) is 11.6 Å². The predicted octanol–water partition coefficient (Wildman–Crippen LogP) is 1.16. The highest BCUT2D eigenvalue weighted by atomic mass is 19.1. The van der Waals surface area contributed by atoms with Crippen molar-refractivity contribution in [1.29, 1.82) is 0 Å². The molecule has 1 fully saturated rings. The average molecular weight is 213 g/mol. The maximum absolute atomic E-state index is 13.4. The third-order valence-electron chi connectivity index (χ3n) is 2.46. The van der Waals surface area contributed by atoms with E-state index in [0.717, 1.165) is 18.8 Å². The highest BCUT2D eigenvalue weighted by Gasteiger charge is 2.19. The van der Waals surface area contributed by atoms with Gasteiger partial charge in [-0.25, -0.2) is 13.8 Å². The van der Waals surface area contributed by atoms with Gasteiger partial charge in [0, 0.05) is 31.7 Å². The molecule has 3 nitrogen and oxygen atoms in total. The number of aromatic nitrogens is 1. The lowest BCUT2D eigenvalue weighted by atomic mass is 10.2. The molecule has 0 aromatic carbocycles. The topological polar surface area (TPSA) is 28.2 Å². The third kappa shape index (κ3) is 2.23. The quantitative estimate of drug-likeness (QED) is 0.758. The van der Waals surface area contributed by atoms with E-state index in [1.165, 1.54) is 0 Å². The summed E-state index contributed by atoms with van der Waals surface area (Å²) < 4.78 is 26.1. The summed E-state index contributed by atoms with van der Waals surface area (Å²) in [6, 6.07) is 1.17. The van der Waals surface area contributed by atoms with E-state index in [1.807, 2.05) is 11.8 Å². The van der Waals surface area contributed by atoms with E-state index in [2.05, 4.69) is 10.3 Å². The molecule has 0 saturated carbocycles. The average Bonchev–Trinajstić information content (AvgIpc) is 2.17. The summed E-state index contributed by atoms with van der Waals surface area (Å²) in [6.45, 7) is 4.20. The first-order valence-corrected chi connectivity index (χ1v) is 4.96. The van der Waals surface area contributed by atoms with Crippen LogP contribution < -0.4 is 10.2 Å². The van der Waals surface area contributed by atoms with E-state index in [4.69, 9.17) is 0 Å². The zero-order valence-electron chi connectivity index (χ0n) is 8.50. The molecule has 0 radical (unpaired) electrons. The second-order valence-corrected chi connectivity index (χ2v) is 3.76. The Hall–Kier alpha value is -1.23. The van der Waals surface area contributed by atoms with Crippen molar-refractivity contribution in [2.24, 2.45) is 0 Å². The van der Waals surface area contributed by atoms with Crippen LogP contribution in [0.1, 0.15) is 6.92 Å². The van der Waals surface area contributed by atoms with Crippen LogP contribution >= 0.6 is 0 Å². The van der Waals surface area contributed by atoms with Crippen LogP contribution in [-0.2, 0) is 0 Å². The van der Waals surface area contributed by atoms with Crippen molar-refractivity contribution >= 4 is 5.82 Å². The van der Waals surface area contributed by atoms with Gasteiger partial charge < -0.3 is 10.2 Å². The molecular formula is C10H13F2N3. The minimum atomic E-state index is -0.639. The first-order valence-electron chi connectivity index (χ1n) is 4.96. The van der Waals surface area contributed by atoms with Crippen molar-refractivity contribution in [1.82, 2.24) is 10.3 Å². The number of hydrogen-bond acceptors (Lipinski definition) is 3. The van der Waals surface area contributed by atoms with Gasteiger partial charge in [0.1, 0.15) is 5.82 Å². The first-order chi connectivity index (χ1) is 7.16. The number of piperazine rings is 1. The highest BCUT2D eigenvalue weighted by Crippen LogP contribution is 2.17. The van der Waals surface area contributed by atoms with Gasteiger partial charge in [0.2, 0.25) is 0 Å². The minimum absolute atomic E-state index is 0.241. The molecule has 1 N–H and O–H groups in total. The van der Waals surface area contributed by atoms with Crippen LogP contribution in [0.3, 0.4) is 0 Å². The Morgan fingerprint density at radius 1 is 1.53 bits per heavy atom. The molecule has 0 aliphatic carbocycles. The molecule has 1 aromatic heterocycles. The molecule has 1 atom stereocenters. The van der Waals surface area contributed by atoms with Gasteiger partial charge in [-0.05, 0) is 6.92 Å². The van der Waals surface area contributed by atoms with Gasteiger partial charge in [-0.2, -0.15) is 0 Å². The van der Waals surface area contributed by atoms with Crippen LogP contribution in [-0.4, -0.2) is 30.7 Å². The number of halogens is 2. The monoisotopic (exact) mass is 213 g/mol. The fraction of sp³-hybridized carbons (Fsp3) is 0.500. The van der Waals surface area contributed by atoms with Gasteiger partial charge in [0.25, 0.3) is 0 Å². The van der Waals surface area contributed by atoms with Crippen LogP contribution in [0.2, 0.25) is 0 Å². The summed E-state index contributed by atoms with van der Waals surface area (Å²) in [4.78, 5) is 5.61. The lowest BCUT2D eigenvalue weighted by Gasteiger charge is -2.32. The van der Waals surface area contributed by atoms with Gasteiger partial charge >= 0.3 is 0 Å². The van der Waals surface area contributed by atoms with Crippen LogP contribution in [0.25, 0.3) is 0 Å². The maximum atomic E-state index is 13.4. The third-order valence-corrected chi connectivity index (χ3v) is 2.46. The van der Waals surface area contributed by atoms with E-state index in [1.54, 1.807) is 0 Å². The van der Waals surface area contributed by atoms with E-state index in [9.17, 15) is 8.78 Å².